The number of amides is 3. The molecule has 0 atom stereocenters. The van der Waals surface area contributed by atoms with E-state index in [1.165, 1.54) is 7.11 Å². The third-order valence-electron chi connectivity index (χ3n) is 7.18. The Labute approximate surface area is 199 Å². The van der Waals surface area contributed by atoms with E-state index in [2.05, 4.69) is 16.7 Å². The number of anilines is 2. The molecule has 8 nitrogen and oxygen atoms in total. The van der Waals surface area contributed by atoms with Crippen LogP contribution in [0, 0.1) is 23.7 Å². The minimum atomic E-state index is -0.549. The highest BCUT2D eigenvalue weighted by Crippen LogP contribution is 2.42. The first-order chi connectivity index (χ1) is 16.3. The number of nitriles is 1. The number of carbonyl (C=O) groups excluding carboxylic acids is 2. The van der Waals surface area contributed by atoms with Crippen LogP contribution in [0.15, 0.2) is 30.3 Å². The second-order valence-corrected chi connectivity index (χ2v) is 9.27. The molecule has 1 heterocycles. The lowest BCUT2D eigenvalue weighted by Crippen LogP contribution is -2.49. The first kappa shape index (κ1) is 23.4. The van der Waals surface area contributed by atoms with Gasteiger partial charge in [0.25, 0.3) is 0 Å². The molecule has 34 heavy (non-hydrogen) atoms. The van der Waals surface area contributed by atoms with Crippen LogP contribution in [0.3, 0.4) is 0 Å². The first-order valence-electron chi connectivity index (χ1n) is 11.4. The summed E-state index contributed by atoms with van der Waals surface area (Å²) in [6.07, 6.45) is 2.81. The maximum absolute atomic E-state index is 13.1. The zero-order valence-corrected chi connectivity index (χ0v) is 20.0. The van der Waals surface area contributed by atoms with E-state index in [1.54, 1.807) is 25.3 Å². The van der Waals surface area contributed by atoms with Gasteiger partial charge < -0.3 is 25.0 Å². The number of ether oxygens (including phenoxy) is 2. The monoisotopic (exact) mass is 462 g/mol. The Kier molecular flexibility index (Phi) is 6.38. The van der Waals surface area contributed by atoms with Crippen molar-refractivity contribution in [3.05, 3.63) is 47.0 Å². The van der Waals surface area contributed by atoms with Crippen LogP contribution in [0.2, 0.25) is 0 Å². The summed E-state index contributed by atoms with van der Waals surface area (Å²) >= 11 is 0. The number of hydrogen-bond donors (Lipinski definition) is 2. The summed E-state index contributed by atoms with van der Waals surface area (Å²) < 4.78 is 10.6. The van der Waals surface area contributed by atoms with Crippen LogP contribution in [0.1, 0.15) is 49.3 Å². The third kappa shape index (κ3) is 4.26. The van der Waals surface area contributed by atoms with Gasteiger partial charge in [0, 0.05) is 22.7 Å². The van der Waals surface area contributed by atoms with Crippen molar-refractivity contribution in [1.82, 2.24) is 4.90 Å². The predicted molar refractivity (Wildman–Crippen MR) is 129 cm³/mol. The molecule has 0 spiro atoms. The second-order valence-electron chi connectivity index (χ2n) is 9.27. The van der Waals surface area contributed by atoms with E-state index in [0.29, 0.717) is 42.1 Å². The van der Waals surface area contributed by atoms with Crippen molar-refractivity contribution >= 4 is 23.3 Å². The summed E-state index contributed by atoms with van der Waals surface area (Å²) in [5, 5.41) is 15.3. The normalized spacial score (nSPS) is 21.7. The predicted octanol–water partition coefficient (Wildman–Crippen LogP) is 4.82. The fraction of sp³-hybridized carbons (Fsp3) is 0.423. The van der Waals surface area contributed by atoms with Crippen LogP contribution < -0.4 is 20.1 Å². The van der Waals surface area contributed by atoms with Crippen molar-refractivity contribution in [2.75, 3.05) is 24.9 Å². The van der Waals surface area contributed by atoms with Crippen LogP contribution in [0.4, 0.5) is 16.2 Å². The lowest BCUT2D eigenvalue weighted by molar-refractivity contribution is -0.126. The van der Waals surface area contributed by atoms with E-state index in [1.807, 2.05) is 30.9 Å². The van der Waals surface area contributed by atoms with E-state index >= 15 is 0 Å². The average Bonchev–Trinajstić information content (AvgIpc) is 2.84. The number of aryl methyl sites for hydroxylation is 1. The van der Waals surface area contributed by atoms with E-state index in [0.717, 1.165) is 29.7 Å². The van der Waals surface area contributed by atoms with Crippen LogP contribution in [-0.2, 0) is 11.3 Å². The minimum absolute atomic E-state index is 0.0609. The smallest absolute Gasteiger partial charge is 0.322 e. The van der Waals surface area contributed by atoms with Crippen molar-refractivity contribution in [2.24, 2.45) is 5.41 Å². The van der Waals surface area contributed by atoms with Crippen LogP contribution in [0.25, 0.3) is 0 Å². The Bertz CT molecular complexity index is 1160. The lowest BCUT2D eigenvalue weighted by Gasteiger charge is -2.42. The van der Waals surface area contributed by atoms with Gasteiger partial charge in [-0.1, -0.05) is 13.0 Å². The number of rotatable bonds is 5. The van der Waals surface area contributed by atoms with Gasteiger partial charge in [-0.2, -0.15) is 5.26 Å². The van der Waals surface area contributed by atoms with Gasteiger partial charge in [0.05, 0.1) is 32.0 Å². The number of methoxy groups -OCH3 is 2. The fourth-order valence-electron chi connectivity index (χ4n) is 4.89. The van der Waals surface area contributed by atoms with Crippen molar-refractivity contribution < 1.29 is 19.1 Å². The Morgan fingerprint density at radius 2 is 1.85 bits per heavy atom. The number of nitrogens with one attached hydrogen (secondary N) is 2. The third-order valence-corrected chi connectivity index (χ3v) is 7.18. The topological polar surface area (TPSA) is 104 Å². The highest BCUT2D eigenvalue weighted by Gasteiger charge is 2.41. The first-order valence-corrected chi connectivity index (χ1v) is 11.4. The summed E-state index contributed by atoms with van der Waals surface area (Å²) in [5.74, 6) is 1.06. The van der Waals surface area contributed by atoms with Gasteiger partial charge >= 0.3 is 6.03 Å². The number of carbonyl (C=O) groups is 2. The average molecular weight is 463 g/mol. The van der Waals surface area contributed by atoms with E-state index in [4.69, 9.17) is 9.47 Å². The number of urea groups is 1. The summed E-state index contributed by atoms with van der Waals surface area (Å²) in [6.45, 7) is 4.53. The quantitative estimate of drug-likeness (QED) is 0.663. The number of fused-ring (bicyclic) bond motifs is 1. The van der Waals surface area contributed by atoms with Crippen LogP contribution in [-0.4, -0.2) is 37.1 Å². The Balaban J connectivity index is 1.43. The zero-order valence-electron chi connectivity index (χ0n) is 20.0. The van der Waals surface area contributed by atoms with Crippen molar-refractivity contribution in [1.29, 1.82) is 5.26 Å². The minimum Gasteiger partial charge on any atom is -0.495 e. The Morgan fingerprint density at radius 3 is 2.50 bits per heavy atom. The van der Waals surface area contributed by atoms with Crippen molar-refractivity contribution in [3.63, 3.8) is 0 Å². The molecule has 2 aromatic rings. The number of hydrogen-bond acceptors (Lipinski definition) is 5. The standard InChI is InChI=1S/C26H30N4O4/c1-16-5-7-22(34-4)23-20(16)15-30(25(32)29-23)19-9-11-26(2,12-10-19)24(31)28-18-6-8-21(33-3)17(13-18)14-27/h5-8,13,19H,9-12,15H2,1-4H3,(H,28,31)(H,29,32). The summed E-state index contributed by atoms with van der Waals surface area (Å²) in [4.78, 5) is 27.9. The Hall–Kier alpha value is -3.73. The molecule has 178 valence electrons. The summed E-state index contributed by atoms with van der Waals surface area (Å²) in [7, 11) is 3.11. The van der Waals surface area contributed by atoms with E-state index in [-0.39, 0.29) is 18.0 Å². The van der Waals surface area contributed by atoms with Gasteiger partial charge in [0.15, 0.2) is 0 Å². The van der Waals surface area contributed by atoms with E-state index < -0.39 is 5.41 Å². The van der Waals surface area contributed by atoms with Crippen molar-refractivity contribution in [3.8, 4) is 17.6 Å². The van der Waals surface area contributed by atoms with Gasteiger partial charge in [-0.3, -0.25) is 4.79 Å². The maximum atomic E-state index is 13.1. The van der Waals surface area contributed by atoms with Gasteiger partial charge in [-0.25, -0.2) is 4.79 Å². The second kappa shape index (κ2) is 9.26. The molecule has 1 aliphatic carbocycles. The summed E-state index contributed by atoms with van der Waals surface area (Å²) in [5.41, 5.74) is 3.32. The molecule has 4 rings (SSSR count). The zero-order chi connectivity index (χ0) is 24.5. The van der Waals surface area contributed by atoms with E-state index in [9.17, 15) is 14.9 Å². The molecular formula is C26H30N4O4. The molecule has 0 unspecified atom stereocenters. The molecule has 0 bridgehead atoms. The number of benzene rings is 2. The summed E-state index contributed by atoms with van der Waals surface area (Å²) in [6, 6.07) is 10.9. The molecule has 0 radical (unpaired) electrons. The largest absolute Gasteiger partial charge is 0.495 e. The molecule has 1 saturated carbocycles. The molecule has 2 aromatic carbocycles. The SMILES string of the molecule is COc1ccc(NC(=O)C2(C)CCC(N3Cc4c(C)ccc(OC)c4NC3=O)CC2)cc1C#N. The molecule has 0 saturated heterocycles. The maximum Gasteiger partial charge on any atom is 0.322 e. The molecule has 8 heteroatoms. The molecule has 2 aliphatic rings. The molecule has 0 aromatic heterocycles. The van der Waals surface area contributed by atoms with Crippen LogP contribution >= 0.6 is 0 Å². The van der Waals surface area contributed by atoms with Gasteiger partial charge in [-0.05, 0) is 62.4 Å². The van der Waals surface area contributed by atoms with Gasteiger partial charge in [0.1, 0.15) is 17.6 Å². The van der Waals surface area contributed by atoms with Crippen LogP contribution in [0.5, 0.6) is 11.5 Å². The lowest BCUT2D eigenvalue weighted by atomic mass is 9.72. The van der Waals surface area contributed by atoms with Gasteiger partial charge in [-0.15, -0.1) is 0 Å². The molecular weight excluding hydrogens is 432 g/mol. The highest BCUT2D eigenvalue weighted by molar-refractivity contribution is 5.96. The molecule has 2 N–H and O–H groups in total. The fourth-order valence-corrected chi connectivity index (χ4v) is 4.89. The van der Waals surface area contributed by atoms with Gasteiger partial charge in [0.2, 0.25) is 5.91 Å². The van der Waals surface area contributed by atoms with Crippen molar-refractivity contribution in [2.45, 2.75) is 52.1 Å². The number of nitrogens with zero attached hydrogens (tertiary/aromatic N) is 2. The molecule has 1 aliphatic heterocycles. The molecule has 3 amide bonds. The molecule has 1 fully saturated rings. The Morgan fingerprint density at radius 1 is 1.18 bits per heavy atom. The highest BCUT2D eigenvalue weighted by atomic mass is 16.5.